The second-order valence-electron chi connectivity index (χ2n) is 8.26. The predicted octanol–water partition coefficient (Wildman–Crippen LogP) is 1.43. The van der Waals surface area contributed by atoms with Gasteiger partial charge in [-0.15, -0.1) is 5.10 Å². The minimum Gasteiger partial charge on any atom is -0.324 e. The highest BCUT2D eigenvalue weighted by Gasteiger charge is 2.39. The number of nitrogens with one attached hydrogen (secondary N) is 1. The molecule has 2 aliphatic heterocycles. The van der Waals surface area contributed by atoms with Gasteiger partial charge in [-0.3, -0.25) is 19.7 Å². The molecule has 33 heavy (non-hydrogen) atoms. The molecule has 0 spiro atoms. The lowest BCUT2D eigenvalue weighted by Gasteiger charge is -2.29. The summed E-state index contributed by atoms with van der Waals surface area (Å²) in [6.45, 7) is 0.851. The molecule has 10 nitrogen and oxygen atoms in total. The van der Waals surface area contributed by atoms with Crippen LogP contribution in [0.25, 0.3) is 16.7 Å². The molecule has 10 heteroatoms. The van der Waals surface area contributed by atoms with E-state index in [4.69, 9.17) is 0 Å². The lowest BCUT2D eigenvalue weighted by molar-refractivity contribution is -0.136. The first kappa shape index (κ1) is 19.4. The maximum Gasteiger partial charge on any atom is 0.255 e. The van der Waals surface area contributed by atoms with Crippen molar-refractivity contribution in [2.75, 3.05) is 0 Å². The Hall–Kier alpha value is -4.34. The van der Waals surface area contributed by atoms with Gasteiger partial charge in [0, 0.05) is 18.5 Å². The van der Waals surface area contributed by atoms with Crippen molar-refractivity contribution in [3.8, 4) is 5.69 Å². The van der Waals surface area contributed by atoms with Gasteiger partial charge in [0.05, 0.1) is 35.8 Å². The van der Waals surface area contributed by atoms with E-state index in [0.717, 1.165) is 28.0 Å². The minimum absolute atomic E-state index is 0.197. The van der Waals surface area contributed by atoms with Gasteiger partial charge in [0.2, 0.25) is 11.8 Å². The number of hydrogen-bond donors (Lipinski definition) is 1. The minimum atomic E-state index is -0.631. The molecule has 1 atom stereocenters. The standard InChI is InChI=1S/C23H19N7O3/c31-21-8-7-20(22(32)25-21)29-10-14-9-16(5-6-17(14)23(29)33)30-12-15(26-27-30)11-28-13-24-18-3-1-2-4-19(18)28/h1-6,9,12-13,20H,7-8,10-11H2,(H,25,31,32). The molecule has 1 N–H and O–H groups in total. The number of aromatic nitrogens is 5. The van der Waals surface area contributed by atoms with Crippen LogP contribution < -0.4 is 5.32 Å². The number of imidazole rings is 1. The van der Waals surface area contributed by atoms with Gasteiger partial charge in [-0.2, -0.15) is 0 Å². The molecule has 1 saturated heterocycles. The maximum absolute atomic E-state index is 12.9. The van der Waals surface area contributed by atoms with E-state index < -0.39 is 11.9 Å². The van der Waals surface area contributed by atoms with Crippen LogP contribution in [-0.4, -0.2) is 53.2 Å². The Kier molecular flexibility index (Phi) is 4.32. The number of carbonyl (C=O) groups is 3. The average molecular weight is 441 g/mol. The van der Waals surface area contributed by atoms with Gasteiger partial charge >= 0.3 is 0 Å². The fraction of sp³-hybridized carbons (Fsp3) is 0.217. The van der Waals surface area contributed by atoms with E-state index in [0.29, 0.717) is 25.1 Å². The Balaban J connectivity index is 1.23. The van der Waals surface area contributed by atoms with Crippen molar-refractivity contribution in [3.05, 3.63) is 71.8 Å². The van der Waals surface area contributed by atoms with Crippen molar-refractivity contribution in [1.82, 2.24) is 34.8 Å². The van der Waals surface area contributed by atoms with E-state index in [1.165, 1.54) is 4.90 Å². The first-order valence-corrected chi connectivity index (χ1v) is 10.7. The number of carbonyl (C=O) groups excluding carboxylic acids is 3. The van der Waals surface area contributed by atoms with Crippen LogP contribution in [0.3, 0.4) is 0 Å². The zero-order valence-corrected chi connectivity index (χ0v) is 17.5. The molecule has 3 amide bonds. The number of hydrogen-bond acceptors (Lipinski definition) is 6. The highest BCUT2D eigenvalue weighted by molar-refractivity contribution is 6.05. The summed E-state index contributed by atoms with van der Waals surface area (Å²) in [4.78, 5) is 42.5. The van der Waals surface area contributed by atoms with Crippen molar-refractivity contribution in [3.63, 3.8) is 0 Å². The third kappa shape index (κ3) is 3.27. The number of benzene rings is 2. The first-order chi connectivity index (χ1) is 16.1. The molecule has 0 bridgehead atoms. The number of piperidine rings is 1. The Morgan fingerprint density at radius 3 is 2.85 bits per heavy atom. The number of imide groups is 1. The summed E-state index contributed by atoms with van der Waals surface area (Å²) in [5.74, 6) is -0.911. The summed E-state index contributed by atoms with van der Waals surface area (Å²) in [5.41, 5.74) is 4.89. The highest BCUT2D eigenvalue weighted by Crippen LogP contribution is 2.29. The molecule has 4 heterocycles. The van der Waals surface area contributed by atoms with E-state index in [2.05, 4.69) is 20.6 Å². The molecule has 0 radical (unpaired) electrons. The Morgan fingerprint density at radius 1 is 1.09 bits per heavy atom. The maximum atomic E-state index is 12.9. The molecular formula is C23H19N7O3. The second-order valence-corrected chi connectivity index (χ2v) is 8.26. The van der Waals surface area contributed by atoms with Crippen LogP contribution in [0.5, 0.6) is 0 Å². The monoisotopic (exact) mass is 441 g/mol. The van der Waals surface area contributed by atoms with Crippen LogP contribution in [0.2, 0.25) is 0 Å². The van der Waals surface area contributed by atoms with Crippen LogP contribution in [-0.2, 0) is 22.7 Å². The first-order valence-electron chi connectivity index (χ1n) is 10.7. The topological polar surface area (TPSA) is 115 Å². The van der Waals surface area contributed by atoms with E-state index in [-0.39, 0.29) is 18.2 Å². The quantitative estimate of drug-likeness (QED) is 0.479. The number of rotatable bonds is 4. The molecular weight excluding hydrogens is 422 g/mol. The van der Waals surface area contributed by atoms with Gasteiger partial charge in [-0.05, 0) is 42.3 Å². The van der Waals surface area contributed by atoms with Crippen LogP contribution in [0.4, 0.5) is 0 Å². The van der Waals surface area contributed by atoms with E-state index in [1.54, 1.807) is 17.1 Å². The summed E-state index contributed by atoms with van der Waals surface area (Å²) in [6, 6.07) is 12.7. The highest BCUT2D eigenvalue weighted by atomic mass is 16.2. The predicted molar refractivity (Wildman–Crippen MR) is 116 cm³/mol. The van der Waals surface area contributed by atoms with Crippen molar-refractivity contribution in [2.24, 2.45) is 0 Å². The fourth-order valence-corrected chi connectivity index (χ4v) is 4.51. The fourth-order valence-electron chi connectivity index (χ4n) is 4.51. The van der Waals surface area contributed by atoms with Gasteiger partial charge in [0.15, 0.2) is 0 Å². The third-order valence-electron chi connectivity index (χ3n) is 6.17. The van der Waals surface area contributed by atoms with Gasteiger partial charge in [-0.1, -0.05) is 17.3 Å². The van der Waals surface area contributed by atoms with Crippen molar-refractivity contribution in [2.45, 2.75) is 32.0 Å². The number of fused-ring (bicyclic) bond motifs is 2. The van der Waals surface area contributed by atoms with Crippen LogP contribution in [0, 0.1) is 0 Å². The van der Waals surface area contributed by atoms with Gasteiger partial charge < -0.3 is 9.47 Å². The number of amides is 3. The summed E-state index contributed by atoms with van der Waals surface area (Å²) in [5, 5.41) is 10.9. The van der Waals surface area contributed by atoms with E-state index in [1.807, 2.05) is 47.2 Å². The smallest absolute Gasteiger partial charge is 0.255 e. The van der Waals surface area contributed by atoms with Gasteiger partial charge in [0.1, 0.15) is 11.7 Å². The van der Waals surface area contributed by atoms with Crippen LogP contribution >= 0.6 is 0 Å². The zero-order valence-electron chi connectivity index (χ0n) is 17.5. The molecule has 2 aromatic carbocycles. The largest absolute Gasteiger partial charge is 0.324 e. The number of nitrogens with zero attached hydrogens (tertiary/aromatic N) is 6. The Morgan fingerprint density at radius 2 is 1.97 bits per heavy atom. The second kappa shape index (κ2) is 7.37. The van der Waals surface area contributed by atoms with Crippen molar-refractivity contribution < 1.29 is 14.4 Å². The third-order valence-corrected chi connectivity index (χ3v) is 6.17. The molecule has 4 aromatic rings. The molecule has 2 aliphatic rings. The summed E-state index contributed by atoms with van der Waals surface area (Å²) >= 11 is 0. The molecule has 2 aromatic heterocycles. The van der Waals surface area contributed by atoms with E-state index >= 15 is 0 Å². The summed E-state index contributed by atoms with van der Waals surface area (Å²) in [6.07, 6.45) is 4.21. The zero-order chi connectivity index (χ0) is 22.5. The molecule has 1 unspecified atom stereocenters. The molecule has 6 rings (SSSR count). The van der Waals surface area contributed by atoms with Crippen molar-refractivity contribution >= 4 is 28.8 Å². The Labute approximate surface area is 187 Å². The summed E-state index contributed by atoms with van der Waals surface area (Å²) < 4.78 is 3.69. The average Bonchev–Trinajstić information content (AvgIpc) is 3.52. The molecule has 0 aliphatic carbocycles. The van der Waals surface area contributed by atoms with E-state index in [9.17, 15) is 14.4 Å². The summed E-state index contributed by atoms with van der Waals surface area (Å²) in [7, 11) is 0. The van der Waals surface area contributed by atoms with Gasteiger partial charge in [0.25, 0.3) is 5.91 Å². The van der Waals surface area contributed by atoms with Gasteiger partial charge in [-0.25, -0.2) is 9.67 Å². The van der Waals surface area contributed by atoms with Crippen molar-refractivity contribution in [1.29, 1.82) is 0 Å². The molecule has 0 saturated carbocycles. The lowest BCUT2D eigenvalue weighted by Crippen LogP contribution is -2.52. The normalized spacial score (nSPS) is 18.1. The van der Waals surface area contributed by atoms with Crippen LogP contribution in [0.15, 0.2) is 55.0 Å². The SMILES string of the molecule is O=C1CCC(N2Cc3cc(-n4cc(Cn5cnc6ccccc65)nn4)ccc3C2=O)C(=O)N1. The molecule has 1 fully saturated rings. The van der Waals surface area contributed by atoms with Crippen LogP contribution in [0.1, 0.15) is 34.5 Å². The number of para-hydroxylation sites is 2. The molecule has 164 valence electrons. The Bertz CT molecular complexity index is 1440. The lowest BCUT2D eigenvalue weighted by atomic mass is 10.0.